The molecule has 2 heterocycles. The highest BCUT2D eigenvalue weighted by molar-refractivity contribution is 5.80. The lowest BCUT2D eigenvalue weighted by Crippen LogP contribution is -2.31. The zero-order valence-corrected chi connectivity index (χ0v) is 12.5. The number of carbonyl (C=O) groups is 1. The van der Waals surface area contributed by atoms with Gasteiger partial charge in [0, 0.05) is 25.1 Å². The van der Waals surface area contributed by atoms with Gasteiger partial charge < -0.3 is 4.90 Å². The standard InChI is InChI=1S/C16H23N3O2/c20-15(13-6-2-1-3-7-13)12-19-16(21)10-14(11-17-19)18-8-4-5-9-18/h10-11,13H,1-9,12H2. The molecule has 0 radical (unpaired) electrons. The second-order valence-electron chi connectivity index (χ2n) is 6.21. The van der Waals surface area contributed by atoms with Gasteiger partial charge >= 0.3 is 0 Å². The maximum Gasteiger partial charge on any atom is 0.269 e. The van der Waals surface area contributed by atoms with Crippen molar-refractivity contribution in [3.63, 3.8) is 0 Å². The van der Waals surface area contributed by atoms with Gasteiger partial charge in [-0.2, -0.15) is 5.10 Å². The molecule has 3 rings (SSSR count). The molecule has 0 bridgehead atoms. The molecule has 0 N–H and O–H groups in total. The summed E-state index contributed by atoms with van der Waals surface area (Å²) in [5.74, 6) is 0.295. The Balaban J connectivity index is 1.67. The van der Waals surface area contributed by atoms with Crippen LogP contribution in [0.3, 0.4) is 0 Å². The fourth-order valence-corrected chi connectivity index (χ4v) is 3.39. The molecule has 0 spiro atoms. The molecule has 1 saturated carbocycles. The highest BCUT2D eigenvalue weighted by Crippen LogP contribution is 2.24. The summed E-state index contributed by atoms with van der Waals surface area (Å²) in [5, 5.41) is 4.20. The van der Waals surface area contributed by atoms with E-state index in [4.69, 9.17) is 0 Å². The number of aromatic nitrogens is 2. The van der Waals surface area contributed by atoms with Gasteiger partial charge in [-0.1, -0.05) is 19.3 Å². The third-order valence-electron chi connectivity index (χ3n) is 4.69. The third-order valence-corrected chi connectivity index (χ3v) is 4.69. The van der Waals surface area contributed by atoms with Crippen molar-refractivity contribution in [2.45, 2.75) is 51.5 Å². The Kier molecular flexibility index (Phi) is 4.36. The van der Waals surface area contributed by atoms with Crippen LogP contribution in [0.2, 0.25) is 0 Å². The van der Waals surface area contributed by atoms with E-state index in [1.165, 1.54) is 23.9 Å². The number of hydrogen-bond acceptors (Lipinski definition) is 4. The van der Waals surface area contributed by atoms with Crippen LogP contribution in [0.4, 0.5) is 5.69 Å². The first-order chi connectivity index (χ1) is 10.2. The molecule has 0 atom stereocenters. The molecule has 2 fully saturated rings. The van der Waals surface area contributed by atoms with Crippen molar-refractivity contribution in [1.82, 2.24) is 9.78 Å². The van der Waals surface area contributed by atoms with Crippen molar-refractivity contribution in [2.75, 3.05) is 18.0 Å². The van der Waals surface area contributed by atoms with Crippen LogP contribution in [0.25, 0.3) is 0 Å². The minimum atomic E-state index is -0.163. The van der Waals surface area contributed by atoms with Gasteiger partial charge in [0.2, 0.25) is 0 Å². The minimum Gasteiger partial charge on any atom is -0.370 e. The molecule has 1 aromatic heterocycles. The molecule has 0 unspecified atom stereocenters. The fourth-order valence-electron chi connectivity index (χ4n) is 3.39. The summed E-state index contributed by atoms with van der Waals surface area (Å²) in [7, 11) is 0. The Hall–Kier alpha value is -1.65. The molecule has 0 amide bonds. The average Bonchev–Trinajstić information content (AvgIpc) is 3.04. The third kappa shape index (κ3) is 3.34. The molecule has 1 aliphatic heterocycles. The van der Waals surface area contributed by atoms with Crippen LogP contribution in [0.5, 0.6) is 0 Å². The molecule has 1 aliphatic carbocycles. The van der Waals surface area contributed by atoms with Gasteiger partial charge in [0.05, 0.1) is 11.9 Å². The Labute approximate surface area is 124 Å². The predicted molar refractivity (Wildman–Crippen MR) is 81.5 cm³/mol. The lowest BCUT2D eigenvalue weighted by atomic mass is 9.86. The Morgan fingerprint density at radius 1 is 1.14 bits per heavy atom. The van der Waals surface area contributed by atoms with Crippen LogP contribution in [0, 0.1) is 5.92 Å². The van der Waals surface area contributed by atoms with Crippen molar-refractivity contribution < 1.29 is 4.79 Å². The van der Waals surface area contributed by atoms with Crippen LogP contribution in [0.15, 0.2) is 17.1 Å². The molecule has 1 aromatic rings. The largest absolute Gasteiger partial charge is 0.370 e. The topological polar surface area (TPSA) is 55.2 Å². The highest BCUT2D eigenvalue weighted by Gasteiger charge is 2.22. The fraction of sp³-hybridized carbons (Fsp3) is 0.688. The zero-order valence-electron chi connectivity index (χ0n) is 12.5. The molecule has 5 heteroatoms. The van der Waals surface area contributed by atoms with Crippen molar-refractivity contribution in [2.24, 2.45) is 5.92 Å². The molecule has 21 heavy (non-hydrogen) atoms. The molecular weight excluding hydrogens is 266 g/mol. The van der Waals surface area contributed by atoms with E-state index in [9.17, 15) is 9.59 Å². The molecule has 114 valence electrons. The Morgan fingerprint density at radius 3 is 2.52 bits per heavy atom. The van der Waals surface area contributed by atoms with E-state index in [2.05, 4.69) is 10.00 Å². The van der Waals surface area contributed by atoms with Crippen molar-refractivity contribution >= 4 is 11.5 Å². The van der Waals surface area contributed by atoms with Gasteiger partial charge in [-0.25, -0.2) is 4.68 Å². The zero-order chi connectivity index (χ0) is 14.7. The van der Waals surface area contributed by atoms with E-state index in [-0.39, 0.29) is 23.8 Å². The molecule has 0 aromatic carbocycles. The highest BCUT2D eigenvalue weighted by atomic mass is 16.1. The van der Waals surface area contributed by atoms with E-state index >= 15 is 0 Å². The van der Waals surface area contributed by atoms with Crippen molar-refractivity contribution in [3.8, 4) is 0 Å². The monoisotopic (exact) mass is 289 g/mol. The number of rotatable bonds is 4. The van der Waals surface area contributed by atoms with Gasteiger partial charge in [-0.05, 0) is 25.7 Å². The first-order valence-corrected chi connectivity index (χ1v) is 8.09. The molecule has 1 saturated heterocycles. The van der Waals surface area contributed by atoms with Gasteiger partial charge in [-0.3, -0.25) is 9.59 Å². The van der Waals surface area contributed by atoms with Gasteiger partial charge in [0.15, 0.2) is 5.78 Å². The van der Waals surface area contributed by atoms with Crippen LogP contribution >= 0.6 is 0 Å². The Morgan fingerprint density at radius 2 is 1.86 bits per heavy atom. The number of Topliss-reactive ketones (excluding diaryl/α,β-unsaturated/α-hetero) is 1. The van der Waals surface area contributed by atoms with E-state index < -0.39 is 0 Å². The maximum atomic E-state index is 12.3. The summed E-state index contributed by atoms with van der Waals surface area (Å²) in [6.45, 7) is 2.11. The summed E-state index contributed by atoms with van der Waals surface area (Å²) in [6, 6.07) is 1.62. The first-order valence-electron chi connectivity index (χ1n) is 8.09. The molecule has 5 nitrogen and oxygen atoms in total. The minimum absolute atomic E-state index is 0.129. The van der Waals surface area contributed by atoms with Gasteiger partial charge in [-0.15, -0.1) is 0 Å². The van der Waals surface area contributed by atoms with E-state index in [1.54, 1.807) is 12.3 Å². The molecule has 2 aliphatic rings. The normalized spacial score (nSPS) is 19.9. The lowest BCUT2D eigenvalue weighted by molar-refractivity contribution is -0.124. The van der Waals surface area contributed by atoms with Gasteiger partial charge in [0.1, 0.15) is 6.54 Å². The lowest BCUT2D eigenvalue weighted by Gasteiger charge is -2.20. The SMILES string of the molecule is O=C(Cn1ncc(N2CCCC2)cc1=O)C1CCCCC1. The number of ketones is 1. The number of carbonyl (C=O) groups excluding carboxylic acids is 1. The number of hydrogen-bond donors (Lipinski definition) is 0. The number of nitrogens with zero attached hydrogens (tertiary/aromatic N) is 3. The summed E-state index contributed by atoms with van der Waals surface area (Å²) >= 11 is 0. The van der Waals surface area contributed by atoms with Gasteiger partial charge in [0.25, 0.3) is 5.56 Å². The summed E-state index contributed by atoms with van der Waals surface area (Å²) in [5.41, 5.74) is 0.724. The van der Waals surface area contributed by atoms with Crippen LogP contribution < -0.4 is 10.5 Å². The van der Waals surface area contributed by atoms with Crippen molar-refractivity contribution in [1.29, 1.82) is 0 Å². The first kappa shape index (κ1) is 14.3. The van der Waals surface area contributed by atoms with Crippen molar-refractivity contribution in [3.05, 3.63) is 22.6 Å². The Bertz CT molecular complexity index is 555. The van der Waals surface area contributed by atoms with Crippen LogP contribution in [0.1, 0.15) is 44.9 Å². The van der Waals surface area contributed by atoms with Crippen LogP contribution in [-0.2, 0) is 11.3 Å². The second kappa shape index (κ2) is 6.41. The second-order valence-corrected chi connectivity index (χ2v) is 6.21. The molecular formula is C16H23N3O2. The van der Waals surface area contributed by atoms with E-state index in [0.29, 0.717) is 0 Å². The number of anilines is 1. The smallest absolute Gasteiger partial charge is 0.269 e. The summed E-state index contributed by atoms with van der Waals surface area (Å²) in [4.78, 5) is 26.6. The van der Waals surface area contributed by atoms with Crippen LogP contribution in [-0.4, -0.2) is 28.7 Å². The maximum absolute atomic E-state index is 12.3. The quantitative estimate of drug-likeness (QED) is 0.850. The van der Waals surface area contributed by atoms with E-state index in [1.807, 2.05) is 0 Å². The van der Waals surface area contributed by atoms with E-state index in [0.717, 1.165) is 44.5 Å². The predicted octanol–water partition coefficient (Wildman–Crippen LogP) is 1.99. The average molecular weight is 289 g/mol. The summed E-state index contributed by atoms with van der Waals surface area (Å²) in [6.07, 6.45) is 9.50. The summed E-state index contributed by atoms with van der Waals surface area (Å²) < 4.78 is 1.32.